The Bertz CT molecular complexity index is 415. The van der Waals surface area contributed by atoms with Crippen molar-refractivity contribution in [3.63, 3.8) is 0 Å². The van der Waals surface area contributed by atoms with Crippen LogP contribution in [0.15, 0.2) is 11.4 Å². The van der Waals surface area contributed by atoms with Gasteiger partial charge in [-0.3, -0.25) is 4.79 Å². The fourth-order valence-electron chi connectivity index (χ4n) is 2.37. The average Bonchev–Trinajstić information content (AvgIpc) is 2.91. The van der Waals surface area contributed by atoms with Gasteiger partial charge in [0.1, 0.15) is 10.6 Å². The van der Waals surface area contributed by atoms with Crippen molar-refractivity contribution >= 4 is 17.1 Å². The maximum absolute atomic E-state index is 12.0. The van der Waals surface area contributed by atoms with Crippen LogP contribution in [0.25, 0.3) is 0 Å². The second-order valence-electron chi connectivity index (χ2n) is 4.34. The predicted molar refractivity (Wildman–Crippen MR) is 51.5 cm³/mol. The topological polar surface area (TPSA) is 57.5 Å². The summed E-state index contributed by atoms with van der Waals surface area (Å²) in [5, 5.41) is 20.2. The Morgan fingerprint density at radius 3 is 2.71 bits per heavy atom. The lowest BCUT2D eigenvalue weighted by atomic mass is 10.1. The van der Waals surface area contributed by atoms with Crippen LogP contribution >= 0.6 is 11.3 Å². The number of hydrogen-bond acceptors (Lipinski definition) is 4. The van der Waals surface area contributed by atoms with Crippen LogP contribution in [-0.2, 0) is 0 Å². The molecule has 1 aromatic heterocycles. The number of ketones is 1. The van der Waals surface area contributed by atoms with Gasteiger partial charge in [0, 0.05) is 17.4 Å². The highest BCUT2D eigenvalue weighted by molar-refractivity contribution is 7.12. The second kappa shape index (κ2) is 2.20. The van der Waals surface area contributed by atoms with Crippen LogP contribution in [0.5, 0.6) is 5.75 Å². The van der Waals surface area contributed by atoms with Crippen LogP contribution in [0.1, 0.15) is 22.5 Å². The zero-order chi connectivity index (χ0) is 9.97. The minimum Gasteiger partial charge on any atom is -0.506 e. The number of carbonyl (C=O) groups excluding carboxylic acids is 1. The summed E-state index contributed by atoms with van der Waals surface area (Å²) < 4.78 is 0. The predicted octanol–water partition coefficient (Wildman–Crippen LogP) is 1.41. The van der Waals surface area contributed by atoms with Gasteiger partial charge in [-0.25, -0.2) is 0 Å². The first-order chi connectivity index (χ1) is 6.65. The standard InChI is InChI=1S/C10H10O3S/c11-5-9-3-10(9,4-9)8(13)7-6(12)1-2-14-7/h1-2,11-12H,3-5H2. The molecule has 0 aliphatic heterocycles. The number of fused-ring (bicyclic) bond motifs is 1. The second-order valence-corrected chi connectivity index (χ2v) is 5.25. The van der Waals surface area contributed by atoms with E-state index in [9.17, 15) is 9.90 Å². The summed E-state index contributed by atoms with van der Waals surface area (Å²) in [5.41, 5.74) is -0.412. The molecule has 2 fully saturated rings. The summed E-state index contributed by atoms with van der Waals surface area (Å²) >= 11 is 1.28. The van der Waals surface area contributed by atoms with Gasteiger partial charge in [0.25, 0.3) is 0 Å². The molecule has 2 N–H and O–H groups in total. The monoisotopic (exact) mass is 210 g/mol. The van der Waals surface area contributed by atoms with E-state index < -0.39 is 0 Å². The lowest BCUT2D eigenvalue weighted by Gasteiger charge is -1.99. The molecule has 4 heteroatoms. The van der Waals surface area contributed by atoms with E-state index in [1.165, 1.54) is 11.3 Å². The highest BCUT2D eigenvalue weighted by atomic mass is 32.1. The molecule has 0 radical (unpaired) electrons. The molecule has 0 spiro atoms. The number of carbonyl (C=O) groups is 1. The molecule has 0 saturated heterocycles. The molecule has 2 saturated carbocycles. The van der Waals surface area contributed by atoms with E-state index in [2.05, 4.69) is 0 Å². The molecule has 0 aromatic carbocycles. The SMILES string of the molecule is O=C(c1sccc1O)C12CC1(CO)C2. The molecule has 3 rings (SSSR count). The normalized spacial score (nSPS) is 37.8. The van der Waals surface area contributed by atoms with Crippen molar-refractivity contribution in [2.24, 2.45) is 10.8 Å². The van der Waals surface area contributed by atoms with E-state index in [1.807, 2.05) is 0 Å². The first kappa shape index (κ1) is 8.44. The van der Waals surface area contributed by atoms with Crippen molar-refractivity contribution in [3.8, 4) is 5.75 Å². The molecule has 1 heterocycles. The maximum atomic E-state index is 12.0. The Labute approximate surface area is 85.0 Å². The molecule has 0 unspecified atom stereocenters. The Morgan fingerprint density at radius 2 is 2.29 bits per heavy atom. The highest BCUT2D eigenvalue weighted by Crippen LogP contribution is 2.86. The maximum Gasteiger partial charge on any atom is 0.183 e. The summed E-state index contributed by atoms with van der Waals surface area (Å²) in [5.74, 6) is 0.110. The third-order valence-electron chi connectivity index (χ3n) is 3.63. The van der Waals surface area contributed by atoms with Gasteiger partial charge < -0.3 is 10.2 Å². The van der Waals surface area contributed by atoms with Crippen LogP contribution < -0.4 is 0 Å². The van der Waals surface area contributed by atoms with Crippen molar-refractivity contribution in [1.29, 1.82) is 0 Å². The van der Waals surface area contributed by atoms with Gasteiger partial charge in [0.15, 0.2) is 5.78 Å². The summed E-state index contributed by atoms with van der Waals surface area (Å²) in [7, 11) is 0. The summed E-state index contributed by atoms with van der Waals surface area (Å²) in [6, 6.07) is 1.54. The quantitative estimate of drug-likeness (QED) is 0.741. The van der Waals surface area contributed by atoms with E-state index in [1.54, 1.807) is 11.4 Å². The molecular weight excluding hydrogens is 200 g/mol. The molecular formula is C10H10O3S. The Morgan fingerprint density at radius 1 is 1.57 bits per heavy atom. The van der Waals surface area contributed by atoms with Crippen molar-refractivity contribution in [3.05, 3.63) is 16.3 Å². The zero-order valence-corrected chi connectivity index (χ0v) is 8.30. The number of rotatable bonds is 3. The molecule has 2 aliphatic carbocycles. The van der Waals surface area contributed by atoms with E-state index in [0.29, 0.717) is 4.88 Å². The van der Waals surface area contributed by atoms with Crippen LogP contribution in [0.3, 0.4) is 0 Å². The summed E-state index contributed by atoms with van der Waals surface area (Å²) in [6.45, 7) is 0.102. The molecule has 3 nitrogen and oxygen atoms in total. The van der Waals surface area contributed by atoms with Crippen molar-refractivity contribution in [2.75, 3.05) is 6.61 Å². The molecule has 2 aliphatic rings. The first-order valence-corrected chi connectivity index (χ1v) is 5.45. The van der Waals surface area contributed by atoms with E-state index in [-0.39, 0.29) is 29.0 Å². The lowest BCUT2D eigenvalue weighted by molar-refractivity contribution is 0.0935. The Kier molecular flexibility index (Phi) is 1.33. The van der Waals surface area contributed by atoms with Gasteiger partial charge >= 0.3 is 0 Å². The number of aromatic hydroxyl groups is 1. The van der Waals surface area contributed by atoms with Crippen LogP contribution in [-0.4, -0.2) is 22.6 Å². The fraction of sp³-hybridized carbons (Fsp3) is 0.500. The largest absolute Gasteiger partial charge is 0.506 e. The number of aliphatic hydroxyl groups is 1. The molecule has 14 heavy (non-hydrogen) atoms. The average molecular weight is 210 g/mol. The molecule has 0 amide bonds. The van der Waals surface area contributed by atoms with Gasteiger partial charge in [-0.2, -0.15) is 0 Å². The van der Waals surface area contributed by atoms with Crippen molar-refractivity contribution < 1.29 is 15.0 Å². The van der Waals surface area contributed by atoms with Crippen LogP contribution in [0.2, 0.25) is 0 Å². The number of thiophene rings is 1. The van der Waals surface area contributed by atoms with Gasteiger partial charge in [0.05, 0.1) is 0 Å². The molecule has 0 atom stereocenters. The minimum absolute atomic E-state index is 0.0269. The Balaban J connectivity index is 1.90. The van der Waals surface area contributed by atoms with Crippen molar-refractivity contribution in [1.82, 2.24) is 0 Å². The van der Waals surface area contributed by atoms with Gasteiger partial charge in [-0.15, -0.1) is 11.3 Å². The summed E-state index contributed by atoms with van der Waals surface area (Å²) in [6.07, 6.45) is 1.60. The zero-order valence-electron chi connectivity index (χ0n) is 7.49. The third kappa shape index (κ3) is 0.746. The van der Waals surface area contributed by atoms with Gasteiger partial charge in [0.2, 0.25) is 0 Å². The van der Waals surface area contributed by atoms with Gasteiger partial charge in [-0.05, 0) is 24.3 Å². The highest BCUT2D eigenvalue weighted by Gasteiger charge is 2.86. The first-order valence-electron chi connectivity index (χ1n) is 4.57. The fourth-order valence-corrected chi connectivity index (χ4v) is 3.19. The number of hydrogen-bond donors (Lipinski definition) is 2. The molecule has 74 valence electrons. The molecule has 0 bridgehead atoms. The smallest absolute Gasteiger partial charge is 0.183 e. The third-order valence-corrected chi connectivity index (χ3v) is 4.54. The number of aliphatic hydroxyl groups excluding tert-OH is 1. The van der Waals surface area contributed by atoms with E-state index in [0.717, 1.165) is 12.8 Å². The van der Waals surface area contributed by atoms with Gasteiger partial charge in [-0.1, -0.05) is 0 Å². The molecule has 1 aromatic rings. The van der Waals surface area contributed by atoms with Crippen LogP contribution in [0.4, 0.5) is 0 Å². The number of Topliss-reactive ketones (excluding diaryl/α,β-unsaturated/α-hetero) is 1. The van der Waals surface area contributed by atoms with E-state index in [4.69, 9.17) is 5.11 Å². The van der Waals surface area contributed by atoms with E-state index >= 15 is 0 Å². The Hall–Kier alpha value is -0.870. The summed E-state index contributed by atoms with van der Waals surface area (Å²) in [4.78, 5) is 12.4. The van der Waals surface area contributed by atoms with Crippen molar-refractivity contribution in [2.45, 2.75) is 12.8 Å². The lowest BCUT2D eigenvalue weighted by Crippen LogP contribution is -2.05. The minimum atomic E-state index is -0.302. The van der Waals surface area contributed by atoms with Crippen LogP contribution in [0, 0.1) is 10.8 Å².